The van der Waals surface area contributed by atoms with Crippen molar-refractivity contribution in [3.8, 4) is 0 Å². The van der Waals surface area contributed by atoms with Crippen LogP contribution in [0.4, 0.5) is 0 Å². The van der Waals surface area contributed by atoms with Gasteiger partial charge in [0.1, 0.15) is 0 Å². The molecule has 4 heteroatoms. The lowest BCUT2D eigenvalue weighted by Gasteiger charge is -2.28. The number of hydrogen-bond donors (Lipinski definition) is 0. The number of ether oxygens (including phenoxy) is 2. The van der Waals surface area contributed by atoms with Gasteiger partial charge < -0.3 is 9.47 Å². The molecule has 1 atom stereocenters. The fourth-order valence-corrected chi connectivity index (χ4v) is 2.28. The van der Waals surface area contributed by atoms with Gasteiger partial charge in [0.25, 0.3) is 0 Å². The second-order valence-corrected chi connectivity index (χ2v) is 5.14. The Morgan fingerprint density at radius 1 is 1.42 bits per heavy atom. The van der Waals surface area contributed by atoms with Crippen molar-refractivity contribution >= 4 is 5.97 Å². The number of nitrogens with zero attached hydrogens (tertiary/aromatic N) is 1. The highest BCUT2D eigenvalue weighted by molar-refractivity contribution is 5.88. The van der Waals surface area contributed by atoms with Crippen molar-refractivity contribution in [2.45, 2.75) is 39.2 Å². The molecule has 0 aromatic heterocycles. The van der Waals surface area contributed by atoms with Gasteiger partial charge in [-0.05, 0) is 32.1 Å². The molecule has 0 bridgehead atoms. The van der Waals surface area contributed by atoms with Crippen LogP contribution in [0.15, 0.2) is 11.6 Å². The van der Waals surface area contributed by atoms with Crippen molar-refractivity contribution in [2.75, 3.05) is 33.9 Å². The molecule has 0 heterocycles. The van der Waals surface area contributed by atoms with Crippen LogP contribution in [-0.4, -0.2) is 50.8 Å². The molecule has 0 aliphatic heterocycles. The first-order valence-corrected chi connectivity index (χ1v) is 7.14. The van der Waals surface area contributed by atoms with E-state index in [0.717, 1.165) is 31.2 Å². The average Bonchev–Trinajstić information content (AvgIpc) is 3.26. The van der Waals surface area contributed by atoms with Crippen LogP contribution in [0.25, 0.3) is 0 Å². The molecular formula is C15H27NO3. The van der Waals surface area contributed by atoms with Gasteiger partial charge in [-0.2, -0.15) is 0 Å². The van der Waals surface area contributed by atoms with Crippen LogP contribution >= 0.6 is 0 Å². The SMILES string of the molecule is CCC(=CCN(CCOC)C(C)C1CC1)C(=O)OC. The van der Waals surface area contributed by atoms with Gasteiger partial charge in [-0.15, -0.1) is 0 Å². The maximum absolute atomic E-state index is 11.6. The molecule has 0 saturated heterocycles. The lowest BCUT2D eigenvalue weighted by Crippen LogP contribution is -2.37. The molecule has 1 fully saturated rings. The van der Waals surface area contributed by atoms with Crippen LogP contribution in [0.5, 0.6) is 0 Å². The first-order chi connectivity index (χ1) is 9.13. The summed E-state index contributed by atoms with van der Waals surface area (Å²) < 4.78 is 9.96. The minimum atomic E-state index is -0.215. The lowest BCUT2D eigenvalue weighted by atomic mass is 10.1. The third kappa shape index (κ3) is 5.33. The Hall–Kier alpha value is -0.870. The van der Waals surface area contributed by atoms with Gasteiger partial charge in [-0.3, -0.25) is 4.90 Å². The highest BCUT2D eigenvalue weighted by Crippen LogP contribution is 2.35. The molecule has 0 N–H and O–H groups in total. The van der Waals surface area contributed by atoms with Crippen molar-refractivity contribution in [1.82, 2.24) is 4.90 Å². The summed E-state index contributed by atoms with van der Waals surface area (Å²) in [5.74, 6) is 0.599. The fourth-order valence-electron chi connectivity index (χ4n) is 2.28. The van der Waals surface area contributed by atoms with Crippen LogP contribution < -0.4 is 0 Å². The maximum atomic E-state index is 11.6. The zero-order valence-corrected chi connectivity index (χ0v) is 12.6. The third-order valence-corrected chi connectivity index (χ3v) is 3.86. The molecule has 1 aliphatic rings. The number of hydrogen-bond acceptors (Lipinski definition) is 4. The zero-order chi connectivity index (χ0) is 14.3. The standard InChI is InChI=1S/C15H27NO3/c1-5-13(15(17)19-4)8-9-16(10-11-18-3)12(2)14-6-7-14/h8,12,14H,5-7,9-11H2,1-4H3. The summed E-state index contributed by atoms with van der Waals surface area (Å²) in [6.07, 6.45) is 5.36. The quantitative estimate of drug-likeness (QED) is 0.475. The van der Waals surface area contributed by atoms with Crippen LogP contribution in [0.1, 0.15) is 33.1 Å². The second-order valence-electron chi connectivity index (χ2n) is 5.14. The Balaban J connectivity index is 2.59. The van der Waals surface area contributed by atoms with Gasteiger partial charge >= 0.3 is 5.97 Å². The van der Waals surface area contributed by atoms with Crippen LogP contribution in [0.3, 0.4) is 0 Å². The van der Waals surface area contributed by atoms with Crippen LogP contribution in [0.2, 0.25) is 0 Å². The Labute approximate surface area is 116 Å². The minimum absolute atomic E-state index is 0.215. The molecule has 0 radical (unpaired) electrons. The predicted molar refractivity (Wildman–Crippen MR) is 76.0 cm³/mol. The van der Waals surface area contributed by atoms with E-state index in [-0.39, 0.29) is 5.97 Å². The van der Waals surface area contributed by atoms with Gasteiger partial charge in [0.05, 0.1) is 13.7 Å². The van der Waals surface area contributed by atoms with Crippen LogP contribution in [0, 0.1) is 5.92 Å². The predicted octanol–water partition coefficient (Wildman–Crippen LogP) is 2.24. The highest BCUT2D eigenvalue weighted by Gasteiger charge is 2.31. The average molecular weight is 269 g/mol. The molecule has 110 valence electrons. The van der Waals surface area contributed by atoms with Crippen molar-refractivity contribution < 1.29 is 14.3 Å². The minimum Gasteiger partial charge on any atom is -0.466 e. The number of carbonyl (C=O) groups is 1. The second kappa shape index (κ2) is 8.33. The van der Waals surface area contributed by atoms with Gasteiger partial charge in [0.2, 0.25) is 0 Å². The van der Waals surface area contributed by atoms with E-state index in [4.69, 9.17) is 9.47 Å². The summed E-state index contributed by atoms with van der Waals surface area (Å²) in [5.41, 5.74) is 0.757. The van der Waals surface area contributed by atoms with E-state index < -0.39 is 0 Å². The monoisotopic (exact) mass is 269 g/mol. The Morgan fingerprint density at radius 2 is 2.11 bits per heavy atom. The van der Waals surface area contributed by atoms with E-state index >= 15 is 0 Å². The Morgan fingerprint density at radius 3 is 2.58 bits per heavy atom. The summed E-state index contributed by atoms with van der Waals surface area (Å²) in [4.78, 5) is 13.9. The smallest absolute Gasteiger partial charge is 0.333 e. The molecule has 0 amide bonds. The van der Waals surface area contributed by atoms with Gasteiger partial charge in [-0.25, -0.2) is 4.79 Å². The van der Waals surface area contributed by atoms with Crippen molar-refractivity contribution in [1.29, 1.82) is 0 Å². The summed E-state index contributed by atoms with van der Waals surface area (Å²) in [5, 5.41) is 0. The molecular weight excluding hydrogens is 242 g/mol. The fraction of sp³-hybridized carbons (Fsp3) is 0.800. The van der Waals surface area contributed by atoms with E-state index in [1.165, 1.54) is 20.0 Å². The molecule has 1 rings (SSSR count). The van der Waals surface area contributed by atoms with E-state index in [1.807, 2.05) is 13.0 Å². The lowest BCUT2D eigenvalue weighted by molar-refractivity contribution is -0.136. The molecule has 4 nitrogen and oxygen atoms in total. The normalized spacial score (nSPS) is 17.6. The van der Waals surface area contributed by atoms with E-state index in [0.29, 0.717) is 12.5 Å². The summed E-state index contributed by atoms with van der Waals surface area (Å²) in [7, 11) is 3.16. The number of esters is 1. The van der Waals surface area contributed by atoms with Crippen molar-refractivity contribution in [3.05, 3.63) is 11.6 Å². The molecule has 0 aromatic rings. The molecule has 0 spiro atoms. The first kappa shape index (κ1) is 16.2. The molecule has 0 aromatic carbocycles. The van der Waals surface area contributed by atoms with E-state index in [2.05, 4.69) is 11.8 Å². The highest BCUT2D eigenvalue weighted by atomic mass is 16.5. The zero-order valence-electron chi connectivity index (χ0n) is 12.6. The van der Waals surface area contributed by atoms with Crippen LogP contribution in [-0.2, 0) is 14.3 Å². The van der Waals surface area contributed by atoms with E-state index in [1.54, 1.807) is 7.11 Å². The third-order valence-electron chi connectivity index (χ3n) is 3.86. The summed E-state index contributed by atoms with van der Waals surface area (Å²) in [6.45, 7) is 6.67. The number of methoxy groups -OCH3 is 2. The summed E-state index contributed by atoms with van der Waals surface area (Å²) >= 11 is 0. The number of carbonyl (C=O) groups excluding carboxylic acids is 1. The van der Waals surface area contributed by atoms with Crippen molar-refractivity contribution in [3.63, 3.8) is 0 Å². The first-order valence-electron chi connectivity index (χ1n) is 7.14. The number of rotatable bonds is 9. The van der Waals surface area contributed by atoms with E-state index in [9.17, 15) is 4.79 Å². The molecule has 19 heavy (non-hydrogen) atoms. The topological polar surface area (TPSA) is 38.8 Å². The Bertz CT molecular complexity index is 311. The summed E-state index contributed by atoms with van der Waals surface area (Å²) in [6, 6.07) is 0.558. The molecule has 1 aliphatic carbocycles. The Kier molecular flexibility index (Phi) is 7.10. The molecule has 1 unspecified atom stereocenters. The largest absolute Gasteiger partial charge is 0.466 e. The van der Waals surface area contributed by atoms with Gasteiger partial charge in [0.15, 0.2) is 0 Å². The van der Waals surface area contributed by atoms with Gasteiger partial charge in [0, 0.05) is 31.8 Å². The maximum Gasteiger partial charge on any atom is 0.333 e. The van der Waals surface area contributed by atoms with Crippen molar-refractivity contribution in [2.24, 2.45) is 5.92 Å². The van der Waals surface area contributed by atoms with Gasteiger partial charge in [-0.1, -0.05) is 13.0 Å². The molecule has 1 saturated carbocycles.